The van der Waals surface area contributed by atoms with Gasteiger partial charge in [-0.3, -0.25) is 0 Å². The molecule has 0 unspecified atom stereocenters. The first-order valence-electron chi connectivity index (χ1n) is 5.61. The van der Waals surface area contributed by atoms with E-state index in [1.807, 2.05) is 6.92 Å². The van der Waals surface area contributed by atoms with E-state index in [0.717, 1.165) is 18.8 Å². The van der Waals surface area contributed by atoms with Crippen LogP contribution in [0.15, 0.2) is 12.1 Å². The molecule has 0 saturated carbocycles. The average molecular weight is 275 g/mol. The van der Waals surface area contributed by atoms with Gasteiger partial charge in [0.05, 0.1) is 21.3 Å². The molecular formula is C12H16Cl2N2O. The van der Waals surface area contributed by atoms with E-state index in [-0.39, 0.29) is 0 Å². The van der Waals surface area contributed by atoms with E-state index in [2.05, 4.69) is 4.90 Å². The zero-order valence-electron chi connectivity index (χ0n) is 9.71. The minimum Gasteiger partial charge on any atom is -0.399 e. The zero-order chi connectivity index (χ0) is 12.6. The van der Waals surface area contributed by atoms with Crippen molar-refractivity contribution in [1.29, 1.82) is 0 Å². The number of piperidine rings is 1. The minimum absolute atomic E-state index is 0.563. The molecule has 1 aliphatic heterocycles. The van der Waals surface area contributed by atoms with Crippen LogP contribution in [-0.2, 0) is 0 Å². The Morgan fingerprint density at radius 3 is 2.18 bits per heavy atom. The Morgan fingerprint density at radius 1 is 1.24 bits per heavy atom. The smallest absolute Gasteiger partial charge is 0.0746 e. The fourth-order valence-electron chi connectivity index (χ4n) is 2.10. The Kier molecular flexibility index (Phi) is 3.43. The Balaban J connectivity index is 2.24. The first-order chi connectivity index (χ1) is 7.89. The molecule has 1 aliphatic rings. The molecule has 0 aromatic heterocycles. The van der Waals surface area contributed by atoms with Crippen LogP contribution >= 0.6 is 23.2 Å². The maximum atomic E-state index is 9.91. The number of hydrogen-bond acceptors (Lipinski definition) is 3. The molecule has 3 nitrogen and oxygen atoms in total. The summed E-state index contributed by atoms with van der Waals surface area (Å²) in [6.45, 7) is 3.35. The van der Waals surface area contributed by atoms with Crippen LogP contribution in [0.25, 0.3) is 0 Å². The summed E-state index contributed by atoms with van der Waals surface area (Å²) in [7, 11) is 0. The number of benzene rings is 1. The highest BCUT2D eigenvalue weighted by atomic mass is 35.5. The molecular weight excluding hydrogens is 259 g/mol. The Hall–Kier alpha value is -0.640. The molecule has 1 aromatic rings. The standard InChI is InChI=1S/C12H16Cl2N2O/c1-12(17)2-4-16(5-3-12)11-9(13)6-8(15)7-10(11)14/h6-7,17H,2-5,15H2,1H3. The average Bonchev–Trinajstić information content (AvgIpc) is 2.19. The van der Waals surface area contributed by atoms with Crippen molar-refractivity contribution in [2.24, 2.45) is 0 Å². The maximum absolute atomic E-state index is 9.91. The van der Waals surface area contributed by atoms with Crippen molar-refractivity contribution in [3.8, 4) is 0 Å². The molecule has 0 aliphatic carbocycles. The van der Waals surface area contributed by atoms with Crippen LogP contribution in [0.2, 0.25) is 10.0 Å². The number of rotatable bonds is 1. The van der Waals surface area contributed by atoms with Crippen molar-refractivity contribution < 1.29 is 5.11 Å². The Labute approximate surface area is 111 Å². The first-order valence-corrected chi connectivity index (χ1v) is 6.36. The van der Waals surface area contributed by atoms with E-state index in [0.29, 0.717) is 28.6 Å². The first kappa shape index (κ1) is 12.8. The van der Waals surface area contributed by atoms with Crippen LogP contribution in [0.5, 0.6) is 0 Å². The molecule has 1 fully saturated rings. The van der Waals surface area contributed by atoms with Crippen LogP contribution in [0.4, 0.5) is 11.4 Å². The summed E-state index contributed by atoms with van der Waals surface area (Å²) >= 11 is 12.3. The van der Waals surface area contributed by atoms with Gasteiger partial charge in [0.2, 0.25) is 0 Å². The number of aliphatic hydroxyl groups is 1. The molecule has 1 saturated heterocycles. The predicted octanol–water partition coefficient (Wildman–Crippen LogP) is 2.93. The molecule has 0 radical (unpaired) electrons. The van der Waals surface area contributed by atoms with E-state index in [9.17, 15) is 5.11 Å². The second-order valence-corrected chi connectivity index (χ2v) is 5.63. The summed E-state index contributed by atoms with van der Waals surface area (Å²) in [5.41, 5.74) is 6.47. The third-order valence-electron chi connectivity index (χ3n) is 3.20. The van der Waals surface area contributed by atoms with E-state index in [1.165, 1.54) is 0 Å². The van der Waals surface area contributed by atoms with Gasteiger partial charge in [0, 0.05) is 18.8 Å². The van der Waals surface area contributed by atoms with Crippen molar-refractivity contribution in [2.75, 3.05) is 23.7 Å². The fourth-order valence-corrected chi connectivity index (χ4v) is 2.84. The fraction of sp³-hybridized carbons (Fsp3) is 0.500. The van der Waals surface area contributed by atoms with Crippen molar-refractivity contribution >= 4 is 34.6 Å². The van der Waals surface area contributed by atoms with Gasteiger partial charge in [-0.15, -0.1) is 0 Å². The molecule has 0 bridgehead atoms. The van der Waals surface area contributed by atoms with Crippen LogP contribution in [0, 0.1) is 0 Å². The van der Waals surface area contributed by atoms with Crippen molar-refractivity contribution in [2.45, 2.75) is 25.4 Å². The van der Waals surface area contributed by atoms with Gasteiger partial charge in [-0.25, -0.2) is 0 Å². The highest BCUT2D eigenvalue weighted by Crippen LogP contribution is 2.38. The normalized spacial score (nSPS) is 19.4. The maximum Gasteiger partial charge on any atom is 0.0746 e. The van der Waals surface area contributed by atoms with E-state index >= 15 is 0 Å². The van der Waals surface area contributed by atoms with Crippen LogP contribution in [-0.4, -0.2) is 23.8 Å². The number of halogens is 2. The summed E-state index contributed by atoms with van der Waals surface area (Å²) in [5.74, 6) is 0. The third kappa shape index (κ3) is 2.79. The van der Waals surface area contributed by atoms with E-state index < -0.39 is 5.60 Å². The zero-order valence-corrected chi connectivity index (χ0v) is 11.2. The van der Waals surface area contributed by atoms with E-state index in [4.69, 9.17) is 28.9 Å². The molecule has 0 atom stereocenters. The van der Waals surface area contributed by atoms with Crippen molar-refractivity contribution in [3.63, 3.8) is 0 Å². The molecule has 2 rings (SSSR count). The minimum atomic E-state index is -0.580. The number of nitrogens with zero attached hydrogens (tertiary/aromatic N) is 1. The van der Waals surface area contributed by atoms with Crippen LogP contribution in [0.3, 0.4) is 0 Å². The van der Waals surface area contributed by atoms with Crippen LogP contribution < -0.4 is 10.6 Å². The molecule has 1 heterocycles. The summed E-state index contributed by atoms with van der Waals surface area (Å²) in [6, 6.07) is 3.41. The van der Waals surface area contributed by atoms with Gasteiger partial charge >= 0.3 is 0 Å². The summed E-state index contributed by atoms with van der Waals surface area (Å²) < 4.78 is 0. The highest BCUT2D eigenvalue weighted by molar-refractivity contribution is 6.39. The molecule has 1 aromatic carbocycles. The van der Waals surface area contributed by atoms with Crippen molar-refractivity contribution in [3.05, 3.63) is 22.2 Å². The summed E-state index contributed by atoms with van der Waals surface area (Å²) in [4.78, 5) is 2.10. The second-order valence-electron chi connectivity index (χ2n) is 4.82. The number of anilines is 2. The lowest BCUT2D eigenvalue weighted by atomic mass is 9.93. The summed E-state index contributed by atoms with van der Waals surface area (Å²) in [5, 5.41) is 11.0. The van der Waals surface area contributed by atoms with Gasteiger partial charge in [-0.1, -0.05) is 23.2 Å². The lowest BCUT2D eigenvalue weighted by Crippen LogP contribution is -2.42. The van der Waals surface area contributed by atoms with Gasteiger partial charge in [-0.2, -0.15) is 0 Å². The van der Waals surface area contributed by atoms with Gasteiger partial charge in [-0.05, 0) is 31.9 Å². The molecule has 17 heavy (non-hydrogen) atoms. The van der Waals surface area contributed by atoms with E-state index in [1.54, 1.807) is 12.1 Å². The van der Waals surface area contributed by atoms with Gasteiger partial charge < -0.3 is 15.7 Å². The van der Waals surface area contributed by atoms with Crippen molar-refractivity contribution in [1.82, 2.24) is 0 Å². The molecule has 0 spiro atoms. The molecule has 0 amide bonds. The predicted molar refractivity (Wildman–Crippen MR) is 72.9 cm³/mol. The number of nitrogen functional groups attached to an aromatic ring is 1. The topological polar surface area (TPSA) is 49.5 Å². The number of nitrogens with two attached hydrogens (primary N) is 1. The molecule has 94 valence electrons. The lowest BCUT2D eigenvalue weighted by molar-refractivity contribution is 0.0351. The lowest BCUT2D eigenvalue weighted by Gasteiger charge is -2.37. The quantitative estimate of drug-likeness (QED) is 0.775. The van der Waals surface area contributed by atoms with Gasteiger partial charge in [0.25, 0.3) is 0 Å². The molecule has 5 heteroatoms. The van der Waals surface area contributed by atoms with Gasteiger partial charge in [0.1, 0.15) is 0 Å². The van der Waals surface area contributed by atoms with Gasteiger partial charge in [0.15, 0.2) is 0 Å². The Bertz CT molecular complexity index is 402. The SMILES string of the molecule is CC1(O)CCN(c2c(Cl)cc(N)cc2Cl)CC1. The second kappa shape index (κ2) is 4.56. The number of hydrogen-bond donors (Lipinski definition) is 2. The monoisotopic (exact) mass is 274 g/mol. The summed E-state index contributed by atoms with van der Waals surface area (Å²) in [6.07, 6.45) is 1.42. The van der Waals surface area contributed by atoms with Crippen LogP contribution in [0.1, 0.15) is 19.8 Å². The largest absolute Gasteiger partial charge is 0.399 e. The molecule has 3 N–H and O–H groups in total. The third-order valence-corrected chi connectivity index (χ3v) is 3.77. The highest BCUT2D eigenvalue weighted by Gasteiger charge is 2.29. The Morgan fingerprint density at radius 2 is 1.71 bits per heavy atom.